The van der Waals surface area contributed by atoms with Gasteiger partial charge in [0.2, 0.25) is 0 Å². The summed E-state index contributed by atoms with van der Waals surface area (Å²) in [5, 5.41) is 11.3. The molecule has 1 aliphatic rings. The lowest BCUT2D eigenvalue weighted by atomic mass is 10.0. The molecule has 6 heteroatoms. The average Bonchev–Trinajstić information content (AvgIpc) is 3.02. The van der Waals surface area contributed by atoms with Crippen LogP contribution in [0.1, 0.15) is 11.9 Å². The van der Waals surface area contributed by atoms with Crippen molar-refractivity contribution < 1.29 is 18.8 Å². The van der Waals surface area contributed by atoms with Gasteiger partial charge >= 0.3 is 0 Å². The minimum absolute atomic E-state index is 0.0572. The molecule has 108 valence electrons. The molecule has 0 unspecified atom stereocenters. The Bertz CT molecular complexity index is 666. The quantitative estimate of drug-likeness (QED) is 0.641. The van der Waals surface area contributed by atoms with E-state index >= 15 is 0 Å². The van der Waals surface area contributed by atoms with Gasteiger partial charge in [0, 0.05) is 11.6 Å². The van der Waals surface area contributed by atoms with Crippen LogP contribution in [0.3, 0.4) is 0 Å². The Morgan fingerprint density at radius 2 is 1.76 bits per heavy atom. The van der Waals surface area contributed by atoms with E-state index in [0.717, 1.165) is 0 Å². The molecule has 1 aliphatic heterocycles. The summed E-state index contributed by atoms with van der Waals surface area (Å²) in [4.78, 5) is 10.8. The predicted octanol–water partition coefficient (Wildman–Crippen LogP) is 3.45. The number of nitro groups is 1. The van der Waals surface area contributed by atoms with Crippen LogP contribution in [0.5, 0.6) is 0 Å². The van der Waals surface area contributed by atoms with Crippen molar-refractivity contribution in [3.05, 3.63) is 64.0 Å². The zero-order valence-corrected chi connectivity index (χ0v) is 11.0. The molecular formula is C15H12FNO4. The second-order valence-corrected chi connectivity index (χ2v) is 4.61. The third-order valence-corrected chi connectivity index (χ3v) is 3.27. The first-order valence-corrected chi connectivity index (χ1v) is 6.42. The first kappa shape index (κ1) is 13.7. The van der Waals surface area contributed by atoms with Gasteiger partial charge in [-0.1, -0.05) is 18.2 Å². The van der Waals surface area contributed by atoms with Gasteiger partial charge in [-0.05, 0) is 23.8 Å². The number of ether oxygens (including phenoxy) is 2. The van der Waals surface area contributed by atoms with Crippen molar-refractivity contribution in [1.82, 2.24) is 0 Å². The van der Waals surface area contributed by atoms with Crippen molar-refractivity contribution in [2.75, 3.05) is 13.2 Å². The van der Waals surface area contributed by atoms with E-state index in [-0.39, 0.29) is 11.5 Å². The molecule has 0 bridgehead atoms. The molecule has 0 amide bonds. The molecule has 0 atom stereocenters. The van der Waals surface area contributed by atoms with Crippen LogP contribution < -0.4 is 0 Å². The normalized spacial score (nSPS) is 15.3. The Morgan fingerprint density at radius 3 is 2.38 bits per heavy atom. The number of hydrogen-bond donors (Lipinski definition) is 0. The second kappa shape index (κ2) is 5.59. The molecule has 0 N–H and O–H groups in total. The molecule has 0 saturated carbocycles. The Hall–Kier alpha value is -2.31. The fourth-order valence-corrected chi connectivity index (χ4v) is 2.27. The summed E-state index contributed by atoms with van der Waals surface area (Å²) in [5.41, 5.74) is 1.56. The Balaban J connectivity index is 2.03. The maximum Gasteiger partial charge on any atom is 0.277 e. The van der Waals surface area contributed by atoms with E-state index in [2.05, 4.69) is 0 Å². The van der Waals surface area contributed by atoms with Gasteiger partial charge < -0.3 is 9.47 Å². The van der Waals surface area contributed by atoms with Crippen LogP contribution in [-0.2, 0) is 9.47 Å². The average molecular weight is 289 g/mol. The number of rotatable bonds is 3. The molecule has 0 spiro atoms. The maximum atomic E-state index is 13.0. The fraction of sp³-hybridized carbons (Fsp3) is 0.200. The molecule has 1 fully saturated rings. The third kappa shape index (κ3) is 2.76. The van der Waals surface area contributed by atoms with Crippen molar-refractivity contribution in [2.24, 2.45) is 0 Å². The van der Waals surface area contributed by atoms with E-state index < -0.39 is 11.2 Å². The Kier molecular flexibility index (Phi) is 3.64. The molecule has 3 rings (SSSR count). The van der Waals surface area contributed by atoms with Crippen molar-refractivity contribution >= 4 is 5.69 Å². The molecule has 1 saturated heterocycles. The summed E-state index contributed by atoms with van der Waals surface area (Å²) in [6.07, 6.45) is -0.564. The topological polar surface area (TPSA) is 61.6 Å². The molecule has 0 aliphatic carbocycles. The van der Waals surface area contributed by atoms with Crippen molar-refractivity contribution in [1.29, 1.82) is 0 Å². The zero-order chi connectivity index (χ0) is 14.8. The Morgan fingerprint density at radius 1 is 1.10 bits per heavy atom. The van der Waals surface area contributed by atoms with E-state index in [4.69, 9.17) is 9.47 Å². The van der Waals surface area contributed by atoms with E-state index in [0.29, 0.717) is 29.9 Å². The van der Waals surface area contributed by atoms with Crippen LogP contribution in [0.2, 0.25) is 0 Å². The molecule has 5 nitrogen and oxygen atoms in total. The first-order valence-electron chi connectivity index (χ1n) is 6.42. The van der Waals surface area contributed by atoms with E-state index in [1.807, 2.05) is 0 Å². The van der Waals surface area contributed by atoms with E-state index in [1.165, 1.54) is 30.3 Å². The summed E-state index contributed by atoms with van der Waals surface area (Å²) in [5.74, 6) is -0.384. The largest absolute Gasteiger partial charge is 0.346 e. The molecule has 2 aromatic rings. The maximum absolute atomic E-state index is 13.0. The summed E-state index contributed by atoms with van der Waals surface area (Å²) < 4.78 is 23.6. The van der Waals surface area contributed by atoms with E-state index in [9.17, 15) is 14.5 Å². The Labute approximate surface area is 120 Å². The van der Waals surface area contributed by atoms with Gasteiger partial charge in [-0.25, -0.2) is 4.39 Å². The molecule has 2 aromatic carbocycles. The predicted molar refractivity (Wildman–Crippen MR) is 73.1 cm³/mol. The third-order valence-electron chi connectivity index (χ3n) is 3.27. The number of nitrogens with zero attached hydrogens (tertiary/aromatic N) is 1. The summed E-state index contributed by atoms with van der Waals surface area (Å²) in [6, 6.07) is 10.4. The molecule has 0 radical (unpaired) electrons. The molecule has 1 heterocycles. The highest BCUT2D eigenvalue weighted by Gasteiger charge is 2.23. The lowest BCUT2D eigenvalue weighted by molar-refractivity contribution is -0.384. The molecule has 21 heavy (non-hydrogen) atoms. The van der Waals surface area contributed by atoms with Crippen LogP contribution in [0.15, 0.2) is 42.5 Å². The van der Waals surface area contributed by atoms with Gasteiger partial charge in [0.05, 0.1) is 23.7 Å². The summed E-state index contributed by atoms with van der Waals surface area (Å²) >= 11 is 0. The van der Waals surface area contributed by atoms with Crippen LogP contribution >= 0.6 is 0 Å². The lowest BCUT2D eigenvalue weighted by Crippen LogP contribution is -2.00. The fourth-order valence-electron chi connectivity index (χ4n) is 2.27. The van der Waals surface area contributed by atoms with Gasteiger partial charge in [-0.2, -0.15) is 0 Å². The number of halogens is 1. The molecular weight excluding hydrogens is 277 g/mol. The van der Waals surface area contributed by atoms with E-state index in [1.54, 1.807) is 12.1 Å². The highest BCUT2D eigenvalue weighted by molar-refractivity contribution is 5.74. The number of hydrogen-bond acceptors (Lipinski definition) is 4. The monoisotopic (exact) mass is 289 g/mol. The van der Waals surface area contributed by atoms with Crippen LogP contribution in [0.25, 0.3) is 11.1 Å². The van der Waals surface area contributed by atoms with Gasteiger partial charge in [0.25, 0.3) is 5.69 Å². The highest BCUT2D eigenvalue weighted by Crippen LogP contribution is 2.34. The zero-order valence-electron chi connectivity index (χ0n) is 11.0. The number of benzene rings is 2. The summed E-state index contributed by atoms with van der Waals surface area (Å²) in [6.45, 7) is 0.941. The number of nitro benzene ring substituents is 1. The highest BCUT2D eigenvalue weighted by atomic mass is 19.1. The van der Waals surface area contributed by atoms with Crippen molar-refractivity contribution in [2.45, 2.75) is 6.29 Å². The van der Waals surface area contributed by atoms with Crippen molar-refractivity contribution in [3.63, 3.8) is 0 Å². The minimum atomic E-state index is -0.564. The first-order chi connectivity index (χ1) is 10.1. The van der Waals surface area contributed by atoms with Gasteiger partial charge in [-0.15, -0.1) is 0 Å². The second-order valence-electron chi connectivity index (χ2n) is 4.61. The van der Waals surface area contributed by atoms with Crippen LogP contribution in [-0.4, -0.2) is 18.1 Å². The van der Waals surface area contributed by atoms with Crippen LogP contribution in [0, 0.1) is 15.9 Å². The lowest BCUT2D eigenvalue weighted by Gasteiger charge is -2.11. The van der Waals surface area contributed by atoms with Gasteiger partial charge in [0.1, 0.15) is 5.82 Å². The smallest absolute Gasteiger partial charge is 0.277 e. The summed E-state index contributed by atoms with van der Waals surface area (Å²) in [7, 11) is 0. The SMILES string of the molecule is O=[N+]([O-])c1cc(C2OCCO2)ccc1-c1ccc(F)cc1. The van der Waals surface area contributed by atoms with Gasteiger partial charge in [-0.3, -0.25) is 10.1 Å². The molecule has 0 aromatic heterocycles. The van der Waals surface area contributed by atoms with Gasteiger partial charge in [0.15, 0.2) is 6.29 Å². The van der Waals surface area contributed by atoms with Crippen LogP contribution in [0.4, 0.5) is 10.1 Å². The van der Waals surface area contributed by atoms with Crippen molar-refractivity contribution in [3.8, 4) is 11.1 Å². The minimum Gasteiger partial charge on any atom is -0.346 e. The standard InChI is InChI=1S/C15H12FNO4/c16-12-4-1-10(2-5-12)13-6-3-11(9-14(13)17(18)19)15-20-7-8-21-15/h1-6,9,15H,7-8H2.